The summed E-state index contributed by atoms with van der Waals surface area (Å²) in [5.41, 5.74) is 1.48. The zero-order valence-electron chi connectivity index (χ0n) is 14.0. The molecule has 0 aliphatic heterocycles. The molecule has 1 amide bonds. The molecule has 0 aliphatic carbocycles. The lowest BCUT2D eigenvalue weighted by atomic mass is 10.3. The molecule has 0 bridgehead atoms. The number of nitrogens with one attached hydrogen (secondary N) is 1. The molecule has 2 heterocycles. The Kier molecular flexibility index (Phi) is 5.79. The lowest BCUT2D eigenvalue weighted by Gasteiger charge is -2.12. The third-order valence-electron chi connectivity index (χ3n) is 3.67. The minimum absolute atomic E-state index is 0.126. The molecule has 0 spiro atoms. The van der Waals surface area contributed by atoms with Crippen LogP contribution in [-0.2, 0) is 10.5 Å². The molecule has 2 aromatic heterocycles. The number of amides is 1. The van der Waals surface area contributed by atoms with Crippen molar-refractivity contribution in [3.05, 3.63) is 61.7 Å². The van der Waals surface area contributed by atoms with Gasteiger partial charge in [0.05, 0.1) is 16.6 Å². The van der Waals surface area contributed by atoms with Gasteiger partial charge in [-0.1, -0.05) is 15.9 Å². The predicted molar refractivity (Wildman–Crippen MR) is 108 cm³/mol. The molecular formula is C17H15BrFN3O2S2. The van der Waals surface area contributed by atoms with Crippen molar-refractivity contribution < 1.29 is 9.18 Å². The number of hydrogen-bond acceptors (Lipinski definition) is 5. The monoisotopic (exact) mass is 455 g/mol. The summed E-state index contributed by atoms with van der Waals surface area (Å²) < 4.78 is 16.0. The highest BCUT2D eigenvalue weighted by molar-refractivity contribution is 9.10. The molecule has 0 saturated carbocycles. The molecule has 0 fully saturated rings. The smallest absolute Gasteiger partial charge is 0.258 e. The van der Waals surface area contributed by atoms with E-state index in [1.165, 1.54) is 41.3 Å². The third kappa shape index (κ3) is 4.16. The maximum absolute atomic E-state index is 13.8. The Morgan fingerprint density at radius 2 is 2.23 bits per heavy atom. The van der Waals surface area contributed by atoms with Crippen molar-refractivity contribution >= 4 is 55.6 Å². The second kappa shape index (κ2) is 7.89. The number of thiazole rings is 1. The second-order valence-electron chi connectivity index (χ2n) is 5.65. The summed E-state index contributed by atoms with van der Waals surface area (Å²) in [7, 11) is 0. The standard InChI is InChI=1S/C17H15BrFN3O2S2/c1-9-7-26-17-20-12(6-15(23)22(9)17)8-25-10(2)16(24)21-14-4-3-11(18)5-13(14)19/h3-7,10H,8H2,1-2H3,(H,21,24). The van der Waals surface area contributed by atoms with Gasteiger partial charge < -0.3 is 5.32 Å². The lowest BCUT2D eigenvalue weighted by molar-refractivity contribution is -0.115. The van der Waals surface area contributed by atoms with Crippen LogP contribution < -0.4 is 10.9 Å². The Labute approximate surface area is 165 Å². The highest BCUT2D eigenvalue weighted by Crippen LogP contribution is 2.22. The first-order chi connectivity index (χ1) is 12.3. The van der Waals surface area contributed by atoms with E-state index in [2.05, 4.69) is 26.2 Å². The summed E-state index contributed by atoms with van der Waals surface area (Å²) in [4.78, 5) is 29.5. The average molecular weight is 456 g/mol. The van der Waals surface area contributed by atoms with E-state index in [1.807, 2.05) is 12.3 Å². The fourth-order valence-corrected chi connectivity index (χ4v) is 4.29. The van der Waals surface area contributed by atoms with Gasteiger partial charge in [0.1, 0.15) is 5.82 Å². The fourth-order valence-electron chi connectivity index (χ4n) is 2.29. The predicted octanol–water partition coefficient (Wildman–Crippen LogP) is 4.23. The van der Waals surface area contributed by atoms with Crippen LogP contribution in [0, 0.1) is 12.7 Å². The number of benzene rings is 1. The van der Waals surface area contributed by atoms with Crippen molar-refractivity contribution in [1.29, 1.82) is 0 Å². The molecule has 3 aromatic rings. The van der Waals surface area contributed by atoms with Crippen molar-refractivity contribution in [2.24, 2.45) is 0 Å². The van der Waals surface area contributed by atoms with E-state index in [9.17, 15) is 14.0 Å². The van der Waals surface area contributed by atoms with E-state index in [1.54, 1.807) is 17.4 Å². The molecule has 0 aliphatic rings. The van der Waals surface area contributed by atoms with Crippen molar-refractivity contribution in [3.8, 4) is 0 Å². The summed E-state index contributed by atoms with van der Waals surface area (Å²) in [6.45, 7) is 3.59. The van der Waals surface area contributed by atoms with Crippen molar-refractivity contribution in [2.45, 2.75) is 24.9 Å². The van der Waals surface area contributed by atoms with Crippen molar-refractivity contribution in [2.75, 3.05) is 5.32 Å². The quantitative estimate of drug-likeness (QED) is 0.625. The maximum Gasteiger partial charge on any atom is 0.258 e. The number of nitrogens with zero attached hydrogens (tertiary/aromatic N) is 2. The zero-order valence-corrected chi connectivity index (χ0v) is 17.2. The number of thioether (sulfide) groups is 1. The van der Waals surface area contributed by atoms with Crippen LogP contribution in [0.25, 0.3) is 4.96 Å². The second-order valence-corrected chi connectivity index (χ2v) is 8.73. The van der Waals surface area contributed by atoms with Crippen LogP contribution >= 0.6 is 39.0 Å². The normalized spacial score (nSPS) is 12.3. The van der Waals surface area contributed by atoms with Gasteiger partial charge in [0.25, 0.3) is 5.56 Å². The summed E-state index contributed by atoms with van der Waals surface area (Å²) in [5.74, 6) is -0.390. The van der Waals surface area contributed by atoms with Crippen LogP contribution in [0.2, 0.25) is 0 Å². The number of carbonyl (C=O) groups excluding carboxylic acids is 1. The van der Waals surface area contributed by atoms with Gasteiger partial charge in [-0.2, -0.15) is 0 Å². The number of halogens is 2. The first kappa shape index (κ1) is 19.1. The summed E-state index contributed by atoms with van der Waals surface area (Å²) >= 11 is 5.92. The van der Waals surface area contributed by atoms with Gasteiger partial charge in [0.2, 0.25) is 5.91 Å². The van der Waals surface area contributed by atoms with Crippen LogP contribution in [-0.4, -0.2) is 20.5 Å². The molecule has 0 radical (unpaired) electrons. The van der Waals surface area contributed by atoms with Gasteiger partial charge >= 0.3 is 0 Å². The Morgan fingerprint density at radius 1 is 1.46 bits per heavy atom. The van der Waals surface area contributed by atoms with Gasteiger partial charge in [0, 0.05) is 27.4 Å². The van der Waals surface area contributed by atoms with E-state index in [0.717, 1.165) is 5.69 Å². The van der Waals surface area contributed by atoms with Gasteiger partial charge in [-0.05, 0) is 32.0 Å². The van der Waals surface area contributed by atoms with Crippen LogP contribution in [0.1, 0.15) is 18.3 Å². The lowest BCUT2D eigenvalue weighted by Crippen LogP contribution is -2.23. The third-order valence-corrected chi connectivity index (χ3v) is 6.28. The maximum atomic E-state index is 13.8. The highest BCUT2D eigenvalue weighted by Gasteiger charge is 2.16. The van der Waals surface area contributed by atoms with Gasteiger partial charge in [-0.3, -0.25) is 14.0 Å². The highest BCUT2D eigenvalue weighted by atomic mass is 79.9. The van der Waals surface area contributed by atoms with Crippen molar-refractivity contribution in [1.82, 2.24) is 9.38 Å². The van der Waals surface area contributed by atoms with E-state index < -0.39 is 11.1 Å². The number of hydrogen-bond donors (Lipinski definition) is 1. The topological polar surface area (TPSA) is 63.5 Å². The van der Waals surface area contributed by atoms with Crippen LogP contribution in [0.15, 0.2) is 38.9 Å². The molecule has 1 N–H and O–H groups in total. The van der Waals surface area contributed by atoms with Gasteiger partial charge in [0.15, 0.2) is 4.96 Å². The number of carbonyl (C=O) groups is 1. The van der Waals surface area contributed by atoms with E-state index in [0.29, 0.717) is 20.9 Å². The molecule has 1 aromatic carbocycles. The molecular weight excluding hydrogens is 441 g/mol. The largest absolute Gasteiger partial charge is 0.323 e. The molecule has 3 rings (SSSR count). The number of aryl methyl sites for hydroxylation is 1. The molecule has 1 atom stereocenters. The minimum atomic E-state index is -0.502. The SMILES string of the molecule is Cc1csc2nc(CSC(C)C(=O)Nc3ccc(Br)cc3F)cc(=O)n12. The zero-order chi connectivity index (χ0) is 18.8. The number of aromatic nitrogens is 2. The molecule has 136 valence electrons. The summed E-state index contributed by atoms with van der Waals surface area (Å²) in [6.07, 6.45) is 0. The Balaban J connectivity index is 1.65. The van der Waals surface area contributed by atoms with Crippen LogP contribution in [0.3, 0.4) is 0 Å². The number of fused-ring (bicyclic) bond motifs is 1. The van der Waals surface area contributed by atoms with E-state index in [-0.39, 0.29) is 17.2 Å². The molecule has 26 heavy (non-hydrogen) atoms. The van der Waals surface area contributed by atoms with Gasteiger partial charge in [-0.25, -0.2) is 9.37 Å². The van der Waals surface area contributed by atoms with Gasteiger partial charge in [-0.15, -0.1) is 23.1 Å². The minimum Gasteiger partial charge on any atom is -0.323 e. The van der Waals surface area contributed by atoms with E-state index >= 15 is 0 Å². The Morgan fingerprint density at radius 3 is 2.96 bits per heavy atom. The van der Waals surface area contributed by atoms with Crippen LogP contribution in [0.5, 0.6) is 0 Å². The Bertz CT molecular complexity index is 1030. The molecule has 9 heteroatoms. The molecule has 5 nitrogen and oxygen atoms in total. The van der Waals surface area contributed by atoms with Crippen LogP contribution in [0.4, 0.5) is 10.1 Å². The molecule has 1 unspecified atom stereocenters. The van der Waals surface area contributed by atoms with Crippen molar-refractivity contribution in [3.63, 3.8) is 0 Å². The number of anilines is 1. The number of rotatable bonds is 5. The first-order valence-electron chi connectivity index (χ1n) is 7.69. The molecule has 0 saturated heterocycles. The summed E-state index contributed by atoms with van der Waals surface area (Å²) in [5, 5.41) is 4.03. The fraction of sp³-hybridized carbons (Fsp3) is 0.235. The average Bonchev–Trinajstić information content (AvgIpc) is 2.96. The first-order valence-corrected chi connectivity index (χ1v) is 10.4. The summed E-state index contributed by atoms with van der Waals surface area (Å²) in [6, 6.07) is 5.94. The van der Waals surface area contributed by atoms with E-state index in [4.69, 9.17) is 0 Å². The Hall–Kier alpha value is -1.71.